The van der Waals surface area contributed by atoms with E-state index in [-0.39, 0.29) is 12.1 Å². The molecule has 22 heavy (non-hydrogen) atoms. The third kappa shape index (κ3) is 3.54. The van der Waals surface area contributed by atoms with Gasteiger partial charge in [-0.2, -0.15) is 5.10 Å². The highest BCUT2D eigenvalue weighted by molar-refractivity contribution is 5.78. The number of carbonyl (C=O) groups is 1. The van der Waals surface area contributed by atoms with Crippen molar-refractivity contribution in [1.82, 2.24) is 9.78 Å². The molecule has 1 aliphatic rings. The second-order valence-electron chi connectivity index (χ2n) is 5.42. The molecule has 0 aliphatic carbocycles. The summed E-state index contributed by atoms with van der Waals surface area (Å²) in [6.45, 7) is 1.06. The Morgan fingerprint density at radius 1 is 1.32 bits per heavy atom. The maximum Gasteiger partial charge on any atom is 0.335 e. The Labute approximate surface area is 129 Å². The molecule has 2 heterocycles. The van der Waals surface area contributed by atoms with Crippen LogP contribution in [0.15, 0.2) is 48.8 Å². The van der Waals surface area contributed by atoms with Gasteiger partial charge < -0.3 is 9.47 Å². The first-order valence-corrected chi connectivity index (χ1v) is 7.67. The average Bonchev–Trinajstić information content (AvgIpc) is 3.09. The predicted octanol–water partition coefficient (Wildman–Crippen LogP) is 2.58. The Bertz CT molecular complexity index is 577. The number of hydrogen-bond donors (Lipinski definition) is 0. The molecule has 0 N–H and O–H groups in total. The van der Waals surface area contributed by atoms with Gasteiger partial charge in [-0.3, -0.25) is 4.68 Å². The summed E-state index contributed by atoms with van der Waals surface area (Å²) in [6.07, 6.45) is 6.62. The van der Waals surface area contributed by atoms with Gasteiger partial charge in [0.2, 0.25) is 0 Å². The minimum absolute atomic E-state index is 0.0201. The maximum atomic E-state index is 12.5. The third-order valence-electron chi connectivity index (χ3n) is 3.81. The second kappa shape index (κ2) is 7.22. The highest BCUT2D eigenvalue weighted by atomic mass is 16.6. The summed E-state index contributed by atoms with van der Waals surface area (Å²) in [5.74, 6) is -0.302. The van der Waals surface area contributed by atoms with E-state index in [1.165, 1.54) is 0 Å². The first kappa shape index (κ1) is 14.8. The molecule has 5 heteroatoms. The normalized spacial score (nSPS) is 19.5. The van der Waals surface area contributed by atoms with Crippen LogP contribution in [0.5, 0.6) is 0 Å². The van der Waals surface area contributed by atoms with Gasteiger partial charge >= 0.3 is 5.97 Å². The predicted molar refractivity (Wildman–Crippen MR) is 81.4 cm³/mol. The Balaban J connectivity index is 1.70. The molecular formula is C17H20N2O3. The summed E-state index contributed by atoms with van der Waals surface area (Å²) in [5, 5.41) is 4.19. The van der Waals surface area contributed by atoms with Crippen LogP contribution < -0.4 is 0 Å². The summed E-state index contributed by atoms with van der Waals surface area (Å²) in [5.41, 5.74) is 0.862. The van der Waals surface area contributed by atoms with Crippen molar-refractivity contribution >= 4 is 5.97 Å². The molecule has 1 aromatic heterocycles. The molecular weight excluding hydrogens is 280 g/mol. The summed E-state index contributed by atoms with van der Waals surface area (Å²) < 4.78 is 12.7. The third-order valence-corrected chi connectivity index (χ3v) is 3.81. The topological polar surface area (TPSA) is 53.4 Å². The van der Waals surface area contributed by atoms with Crippen LogP contribution in [-0.4, -0.2) is 35.1 Å². The smallest absolute Gasteiger partial charge is 0.335 e. The van der Waals surface area contributed by atoms with Crippen molar-refractivity contribution in [1.29, 1.82) is 0 Å². The Hall–Kier alpha value is -2.14. The molecule has 2 atom stereocenters. The van der Waals surface area contributed by atoms with Gasteiger partial charge in [0.05, 0.1) is 6.10 Å². The molecule has 2 unspecified atom stereocenters. The fraction of sp³-hybridized carbons (Fsp3) is 0.412. The van der Waals surface area contributed by atoms with Gasteiger partial charge in [-0.05, 0) is 30.9 Å². The quantitative estimate of drug-likeness (QED) is 0.796. The van der Waals surface area contributed by atoms with Crippen LogP contribution in [0.25, 0.3) is 0 Å². The van der Waals surface area contributed by atoms with E-state index in [1.807, 2.05) is 30.3 Å². The molecule has 1 fully saturated rings. The molecule has 5 nitrogen and oxygen atoms in total. The van der Waals surface area contributed by atoms with E-state index in [1.54, 1.807) is 23.1 Å². The molecule has 0 saturated carbocycles. The Morgan fingerprint density at radius 3 is 2.86 bits per heavy atom. The van der Waals surface area contributed by atoms with E-state index in [0.29, 0.717) is 6.61 Å². The van der Waals surface area contributed by atoms with E-state index < -0.39 is 6.04 Å². The Kier molecular flexibility index (Phi) is 4.85. The van der Waals surface area contributed by atoms with Gasteiger partial charge in [-0.25, -0.2) is 4.79 Å². The number of rotatable bonds is 5. The first-order valence-electron chi connectivity index (χ1n) is 7.67. The van der Waals surface area contributed by atoms with Gasteiger partial charge in [0, 0.05) is 19.0 Å². The van der Waals surface area contributed by atoms with E-state index in [2.05, 4.69) is 5.10 Å². The highest BCUT2D eigenvalue weighted by Gasteiger charge is 2.26. The Morgan fingerprint density at radius 2 is 2.18 bits per heavy atom. The van der Waals surface area contributed by atoms with Crippen LogP contribution >= 0.6 is 0 Å². The van der Waals surface area contributed by atoms with Crippen LogP contribution in [-0.2, 0) is 14.3 Å². The lowest BCUT2D eigenvalue weighted by atomic mass is 10.1. The molecule has 1 aliphatic heterocycles. The van der Waals surface area contributed by atoms with Crippen molar-refractivity contribution in [3.63, 3.8) is 0 Å². The standard InChI is InChI=1S/C17H20N2O3/c20-17(22-13-15-9-4-5-12-21-15)16(19-11-6-10-18-19)14-7-2-1-3-8-14/h1-3,6-8,10-11,15-16H,4-5,9,12-13H2. The highest BCUT2D eigenvalue weighted by Crippen LogP contribution is 2.20. The van der Waals surface area contributed by atoms with Crippen LogP contribution in [0.2, 0.25) is 0 Å². The van der Waals surface area contributed by atoms with E-state index in [0.717, 1.165) is 31.4 Å². The van der Waals surface area contributed by atoms with Crippen LogP contribution in [0.3, 0.4) is 0 Å². The van der Waals surface area contributed by atoms with Gasteiger partial charge in [0.1, 0.15) is 6.61 Å². The van der Waals surface area contributed by atoms with Crippen molar-refractivity contribution in [3.05, 3.63) is 54.4 Å². The summed E-state index contributed by atoms with van der Waals surface area (Å²) >= 11 is 0. The second-order valence-corrected chi connectivity index (χ2v) is 5.42. The summed E-state index contributed by atoms with van der Waals surface area (Å²) in [7, 11) is 0. The number of carbonyl (C=O) groups excluding carboxylic acids is 1. The molecule has 0 bridgehead atoms. The lowest BCUT2D eigenvalue weighted by molar-refractivity contribution is -0.152. The van der Waals surface area contributed by atoms with Crippen LogP contribution in [0, 0.1) is 0 Å². The van der Waals surface area contributed by atoms with Crippen molar-refractivity contribution in [3.8, 4) is 0 Å². The fourth-order valence-electron chi connectivity index (χ4n) is 2.66. The van der Waals surface area contributed by atoms with E-state index in [4.69, 9.17) is 9.47 Å². The number of nitrogens with zero attached hydrogens (tertiary/aromatic N) is 2. The van der Waals surface area contributed by atoms with Crippen molar-refractivity contribution in [2.24, 2.45) is 0 Å². The zero-order valence-electron chi connectivity index (χ0n) is 12.4. The number of benzene rings is 1. The van der Waals surface area contributed by atoms with Gasteiger partial charge in [0.25, 0.3) is 0 Å². The fourth-order valence-corrected chi connectivity index (χ4v) is 2.66. The summed E-state index contributed by atoms with van der Waals surface area (Å²) in [4.78, 5) is 12.5. The summed E-state index contributed by atoms with van der Waals surface area (Å²) in [6, 6.07) is 10.8. The van der Waals surface area contributed by atoms with Crippen molar-refractivity contribution in [2.45, 2.75) is 31.4 Å². The lowest BCUT2D eigenvalue weighted by Crippen LogP contribution is -2.30. The van der Waals surface area contributed by atoms with Gasteiger partial charge in [-0.1, -0.05) is 30.3 Å². The molecule has 116 valence electrons. The van der Waals surface area contributed by atoms with Crippen molar-refractivity contribution in [2.75, 3.05) is 13.2 Å². The monoisotopic (exact) mass is 300 g/mol. The van der Waals surface area contributed by atoms with Gasteiger partial charge in [0.15, 0.2) is 6.04 Å². The van der Waals surface area contributed by atoms with Gasteiger partial charge in [-0.15, -0.1) is 0 Å². The number of hydrogen-bond acceptors (Lipinski definition) is 4. The lowest BCUT2D eigenvalue weighted by Gasteiger charge is -2.23. The minimum Gasteiger partial charge on any atom is -0.461 e. The molecule has 3 rings (SSSR count). The van der Waals surface area contributed by atoms with Crippen LogP contribution in [0.4, 0.5) is 0 Å². The molecule has 1 saturated heterocycles. The van der Waals surface area contributed by atoms with Crippen LogP contribution in [0.1, 0.15) is 30.9 Å². The number of ether oxygens (including phenoxy) is 2. The molecule has 0 amide bonds. The SMILES string of the molecule is O=C(OCC1CCCCO1)C(c1ccccc1)n1cccn1. The maximum absolute atomic E-state index is 12.5. The van der Waals surface area contributed by atoms with E-state index >= 15 is 0 Å². The first-order chi connectivity index (χ1) is 10.8. The number of esters is 1. The molecule has 0 radical (unpaired) electrons. The zero-order valence-corrected chi connectivity index (χ0v) is 12.4. The molecule has 2 aromatic rings. The zero-order chi connectivity index (χ0) is 15.2. The average molecular weight is 300 g/mol. The number of aromatic nitrogens is 2. The van der Waals surface area contributed by atoms with E-state index in [9.17, 15) is 4.79 Å². The molecule has 1 aromatic carbocycles. The largest absolute Gasteiger partial charge is 0.461 e. The minimum atomic E-state index is -0.556. The molecule has 0 spiro atoms. The van der Waals surface area contributed by atoms with Crippen molar-refractivity contribution < 1.29 is 14.3 Å².